The van der Waals surface area contributed by atoms with Gasteiger partial charge in [0, 0.05) is 6.04 Å². The van der Waals surface area contributed by atoms with Crippen LogP contribution in [0, 0.1) is 12.8 Å². The standard InChI is InChI=1S/C17H21N3O2/c1-11-10-18-8-7-14(11)20-17(21)13-5-6-15(19-12(13)2)16-4-3-9-22-16/h3-6,9,11,14,18H,7-8,10H2,1-2H3,(H,20,21). The normalized spacial score (nSPS) is 21.5. The van der Waals surface area contributed by atoms with Crippen LogP contribution in [0.2, 0.25) is 0 Å². The number of amides is 1. The molecule has 116 valence electrons. The number of nitrogens with zero attached hydrogens (tertiary/aromatic N) is 1. The van der Waals surface area contributed by atoms with Gasteiger partial charge in [0.25, 0.3) is 5.91 Å². The highest BCUT2D eigenvalue weighted by molar-refractivity contribution is 5.95. The molecular formula is C17H21N3O2. The largest absolute Gasteiger partial charge is 0.463 e. The topological polar surface area (TPSA) is 67.2 Å². The Bertz CT molecular complexity index is 652. The average molecular weight is 299 g/mol. The van der Waals surface area contributed by atoms with Gasteiger partial charge in [0.15, 0.2) is 5.76 Å². The van der Waals surface area contributed by atoms with Crippen LogP contribution in [0.25, 0.3) is 11.5 Å². The highest BCUT2D eigenvalue weighted by Gasteiger charge is 2.23. The minimum atomic E-state index is -0.0465. The summed E-state index contributed by atoms with van der Waals surface area (Å²) in [7, 11) is 0. The Morgan fingerprint density at radius 2 is 2.27 bits per heavy atom. The van der Waals surface area contributed by atoms with E-state index in [0.29, 0.717) is 22.9 Å². The van der Waals surface area contributed by atoms with E-state index in [2.05, 4.69) is 22.5 Å². The number of nitrogens with one attached hydrogen (secondary N) is 2. The van der Waals surface area contributed by atoms with Crippen LogP contribution < -0.4 is 10.6 Å². The predicted molar refractivity (Wildman–Crippen MR) is 84.6 cm³/mol. The molecule has 3 rings (SSSR count). The summed E-state index contributed by atoms with van der Waals surface area (Å²) < 4.78 is 5.34. The van der Waals surface area contributed by atoms with Crippen LogP contribution in [0.1, 0.15) is 29.4 Å². The minimum absolute atomic E-state index is 0.0465. The van der Waals surface area contributed by atoms with Crippen LogP contribution in [-0.2, 0) is 0 Å². The quantitative estimate of drug-likeness (QED) is 0.913. The molecule has 0 bridgehead atoms. The minimum Gasteiger partial charge on any atom is -0.463 e. The summed E-state index contributed by atoms with van der Waals surface area (Å²) in [5.41, 5.74) is 2.09. The molecule has 3 heterocycles. The van der Waals surface area contributed by atoms with Crippen LogP contribution in [0.3, 0.4) is 0 Å². The number of carbonyl (C=O) groups is 1. The van der Waals surface area contributed by atoms with Crippen LogP contribution in [0.15, 0.2) is 34.9 Å². The summed E-state index contributed by atoms with van der Waals surface area (Å²) in [6.07, 6.45) is 2.58. The summed E-state index contributed by atoms with van der Waals surface area (Å²) >= 11 is 0. The molecule has 0 saturated carbocycles. The molecule has 0 aliphatic carbocycles. The Labute approximate surface area is 130 Å². The number of rotatable bonds is 3. The van der Waals surface area contributed by atoms with Gasteiger partial charge in [-0.25, -0.2) is 4.98 Å². The lowest BCUT2D eigenvalue weighted by Crippen LogP contribution is -2.48. The van der Waals surface area contributed by atoms with E-state index in [4.69, 9.17) is 4.42 Å². The number of furan rings is 1. The van der Waals surface area contributed by atoms with Crippen molar-refractivity contribution < 1.29 is 9.21 Å². The zero-order chi connectivity index (χ0) is 15.5. The van der Waals surface area contributed by atoms with Crippen molar-refractivity contribution in [3.8, 4) is 11.5 Å². The van der Waals surface area contributed by atoms with Crippen molar-refractivity contribution in [3.05, 3.63) is 41.8 Å². The molecule has 0 spiro atoms. The summed E-state index contributed by atoms with van der Waals surface area (Å²) in [5.74, 6) is 1.10. The van der Waals surface area contributed by atoms with E-state index >= 15 is 0 Å². The molecule has 2 aromatic rings. The smallest absolute Gasteiger partial charge is 0.253 e. The number of piperidine rings is 1. The van der Waals surface area contributed by atoms with Gasteiger partial charge >= 0.3 is 0 Å². The molecule has 5 heteroatoms. The molecule has 5 nitrogen and oxygen atoms in total. The molecule has 0 radical (unpaired) electrons. The van der Waals surface area contributed by atoms with E-state index in [9.17, 15) is 4.79 Å². The second-order valence-corrected chi connectivity index (χ2v) is 5.86. The van der Waals surface area contributed by atoms with Gasteiger partial charge in [-0.1, -0.05) is 6.92 Å². The highest BCUT2D eigenvalue weighted by Crippen LogP contribution is 2.20. The molecular weight excluding hydrogens is 278 g/mol. The molecule has 1 saturated heterocycles. The fourth-order valence-corrected chi connectivity index (χ4v) is 2.84. The van der Waals surface area contributed by atoms with E-state index in [-0.39, 0.29) is 11.9 Å². The molecule has 1 amide bonds. The number of hydrogen-bond acceptors (Lipinski definition) is 4. The summed E-state index contributed by atoms with van der Waals surface area (Å²) in [6.45, 7) is 5.90. The second kappa shape index (κ2) is 6.32. The van der Waals surface area contributed by atoms with Crippen molar-refractivity contribution in [1.82, 2.24) is 15.6 Å². The van der Waals surface area contributed by atoms with Gasteiger partial charge in [-0.05, 0) is 56.6 Å². The van der Waals surface area contributed by atoms with Crippen LogP contribution in [-0.4, -0.2) is 30.0 Å². The lowest BCUT2D eigenvalue weighted by molar-refractivity contribution is 0.0913. The van der Waals surface area contributed by atoms with Gasteiger partial charge in [-0.15, -0.1) is 0 Å². The van der Waals surface area contributed by atoms with Crippen LogP contribution in [0.4, 0.5) is 0 Å². The maximum atomic E-state index is 12.5. The average Bonchev–Trinajstić information content (AvgIpc) is 3.03. The van der Waals surface area contributed by atoms with Crippen molar-refractivity contribution >= 4 is 5.91 Å². The fraction of sp³-hybridized carbons (Fsp3) is 0.412. The number of aryl methyl sites for hydroxylation is 1. The Hall–Kier alpha value is -2.14. The third-order valence-corrected chi connectivity index (χ3v) is 4.21. The lowest BCUT2D eigenvalue weighted by Gasteiger charge is -2.30. The Balaban J connectivity index is 1.75. The molecule has 2 aromatic heterocycles. The summed E-state index contributed by atoms with van der Waals surface area (Å²) in [4.78, 5) is 17.0. The fourth-order valence-electron chi connectivity index (χ4n) is 2.84. The number of pyridine rings is 1. The zero-order valence-corrected chi connectivity index (χ0v) is 12.9. The maximum Gasteiger partial charge on any atom is 0.253 e. The highest BCUT2D eigenvalue weighted by atomic mass is 16.3. The SMILES string of the molecule is Cc1nc(-c2ccco2)ccc1C(=O)NC1CCNCC1C. The Morgan fingerprint density at radius 3 is 2.95 bits per heavy atom. The summed E-state index contributed by atoms with van der Waals surface area (Å²) in [5, 5.41) is 6.48. The molecule has 1 aliphatic rings. The van der Waals surface area contributed by atoms with E-state index in [1.54, 1.807) is 6.26 Å². The molecule has 2 N–H and O–H groups in total. The van der Waals surface area contributed by atoms with Gasteiger partial charge < -0.3 is 15.1 Å². The maximum absolute atomic E-state index is 12.5. The van der Waals surface area contributed by atoms with Crippen molar-refractivity contribution in [3.63, 3.8) is 0 Å². The molecule has 1 aliphatic heterocycles. The first-order valence-electron chi connectivity index (χ1n) is 7.68. The van der Waals surface area contributed by atoms with Crippen LogP contribution in [0.5, 0.6) is 0 Å². The van der Waals surface area contributed by atoms with Gasteiger partial charge in [0.1, 0.15) is 5.69 Å². The van der Waals surface area contributed by atoms with Gasteiger partial charge in [-0.2, -0.15) is 0 Å². The number of hydrogen-bond donors (Lipinski definition) is 2. The second-order valence-electron chi connectivity index (χ2n) is 5.86. The lowest BCUT2D eigenvalue weighted by atomic mass is 9.95. The van der Waals surface area contributed by atoms with Gasteiger partial charge in [0.2, 0.25) is 0 Å². The van der Waals surface area contributed by atoms with Crippen molar-refractivity contribution in [1.29, 1.82) is 0 Å². The molecule has 2 unspecified atom stereocenters. The zero-order valence-electron chi connectivity index (χ0n) is 12.9. The predicted octanol–water partition coefficient (Wildman–Crippen LogP) is 2.38. The van der Waals surface area contributed by atoms with E-state index in [0.717, 1.165) is 25.2 Å². The monoisotopic (exact) mass is 299 g/mol. The van der Waals surface area contributed by atoms with Crippen LogP contribution >= 0.6 is 0 Å². The third kappa shape index (κ3) is 3.04. The first kappa shape index (κ1) is 14.8. The molecule has 2 atom stereocenters. The van der Waals surface area contributed by atoms with Crippen molar-refractivity contribution in [2.45, 2.75) is 26.3 Å². The van der Waals surface area contributed by atoms with E-state index in [1.165, 1.54) is 0 Å². The van der Waals surface area contributed by atoms with Crippen molar-refractivity contribution in [2.24, 2.45) is 5.92 Å². The van der Waals surface area contributed by atoms with Gasteiger partial charge in [-0.3, -0.25) is 4.79 Å². The Kier molecular flexibility index (Phi) is 4.24. The number of carbonyl (C=O) groups excluding carboxylic acids is 1. The first-order chi connectivity index (χ1) is 10.6. The van der Waals surface area contributed by atoms with E-state index in [1.807, 2.05) is 31.2 Å². The molecule has 0 aromatic carbocycles. The van der Waals surface area contributed by atoms with E-state index < -0.39 is 0 Å². The van der Waals surface area contributed by atoms with Crippen molar-refractivity contribution in [2.75, 3.05) is 13.1 Å². The third-order valence-electron chi connectivity index (χ3n) is 4.21. The number of aromatic nitrogens is 1. The van der Waals surface area contributed by atoms with Gasteiger partial charge in [0.05, 0.1) is 17.5 Å². The summed E-state index contributed by atoms with van der Waals surface area (Å²) in [6, 6.07) is 7.55. The first-order valence-corrected chi connectivity index (χ1v) is 7.68. The molecule has 1 fully saturated rings. The molecule has 22 heavy (non-hydrogen) atoms. The Morgan fingerprint density at radius 1 is 1.41 bits per heavy atom.